The van der Waals surface area contributed by atoms with E-state index < -0.39 is 10.0 Å². The van der Waals surface area contributed by atoms with Crippen molar-refractivity contribution in [1.29, 1.82) is 0 Å². The molecule has 1 fully saturated rings. The van der Waals surface area contributed by atoms with Gasteiger partial charge in [0.05, 0.1) is 30.8 Å². The summed E-state index contributed by atoms with van der Waals surface area (Å²) in [5, 5.41) is 0. The van der Waals surface area contributed by atoms with E-state index >= 15 is 0 Å². The van der Waals surface area contributed by atoms with Crippen LogP contribution in [-0.2, 0) is 26.0 Å². The first-order chi connectivity index (χ1) is 9.94. The van der Waals surface area contributed by atoms with Crippen LogP contribution in [0.1, 0.15) is 11.1 Å². The van der Waals surface area contributed by atoms with E-state index in [1.165, 1.54) is 0 Å². The number of benzene rings is 1. The molecule has 1 aliphatic heterocycles. The van der Waals surface area contributed by atoms with Crippen LogP contribution in [0.15, 0.2) is 21.5 Å². The second-order valence-corrected chi connectivity index (χ2v) is 7.41. The second-order valence-electron chi connectivity index (χ2n) is 4.82. The van der Waals surface area contributed by atoms with E-state index in [1.807, 2.05) is 6.07 Å². The fourth-order valence-electron chi connectivity index (χ4n) is 2.04. The highest BCUT2D eigenvalue weighted by Gasteiger charge is 2.22. The fraction of sp³-hybridized carbons (Fsp3) is 0.538. The van der Waals surface area contributed by atoms with Gasteiger partial charge in [-0.25, -0.2) is 13.1 Å². The van der Waals surface area contributed by atoms with Gasteiger partial charge < -0.3 is 15.2 Å². The highest BCUT2D eigenvalue weighted by molar-refractivity contribution is 9.10. The van der Waals surface area contributed by atoms with Crippen molar-refractivity contribution in [2.24, 2.45) is 5.73 Å². The van der Waals surface area contributed by atoms with Crippen molar-refractivity contribution in [3.05, 3.63) is 27.7 Å². The molecule has 1 aromatic carbocycles. The first kappa shape index (κ1) is 16.9. The molecule has 118 valence electrons. The lowest BCUT2D eigenvalue weighted by Gasteiger charge is -2.23. The normalized spacial score (nSPS) is 19.7. The van der Waals surface area contributed by atoms with E-state index in [1.54, 1.807) is 13.0 Å². The number of rotatable bonds is 5. The molecule has 0 aliphatic carbocycles. The molecule has 0 radical (unpaired) electrons. The summed E-state index contributed by atoms with van der Waals surface area (Å²) in [4.78, 5) is 0.231. The Bertz CT molecular complexity index is 600. The molecule has 1 aliphatic rings. The van der Waals surface area contributed by atoms with E-state index in [-0.39, 0.29) is 24.1 Å². The molecular weight excluding hydrogens is 360 g/mol. The number of sulfonamides is 1. The number of ether oxygens (including phenoxy) is 2. The lowest BCUT2D eigenvalue weighted by molar-refractivity contribution is -0.0846. The number of hydrogen-bond acceptors (Lipinski definition) is 5. The summed E-state index contributed by atoms with van der Waals surface area (Å²) in [6, 6.07) is 3.42. The fourth-order valence-corrected chi connectivity index (χ4v) is 4.06. The van der Waals surface area contributed by atoms with Crippen molar-refractivity contribution in [3.8, 4) is 0 Å². The molecule has 1 aromatic rings. The molecule has 0 amide bonds. The topological polar surface area (TPSA) is 90.7 Å². The third-order valence-corrected chi connectivity index (χ3v) is 5.64. The van der Waals surface area contributed by atoms with Gasteiger partial charge in [-0.15, -0.1) is 0 Å². The maximum atomic E-state index is 12.4. The summed E-state index contributed by atoms with van der Waals surface area (Å²) >= 11 is 3.37. The molecule has 6 nitrogen and oxygen atoms in total. The minimum atomic E-state index is -3.62. The average Bonchev–Trinajstić information content (AvgIpc) is 2.48. The summed E-state index contributed by atoms with van der Waals surface area (Å²) in [7, 11) is -3.62. The van der Waals surface area contributed by atoms with Gasteiger partial charge in [0.2, 0.25) is 10.0 Å². The molecule has 0 spiro atoms. The molecule has 0 saturated carbocycles. The molecule has 1 unspecified atom stereocenters. The van der Waals surface area contributed by atoms with Gasteiger partial charge in [0, 0.05) is 17.6 Å². The van der Waals surface area contributed by atoms with E-state index in [0.717, 1.165) is 10.0 Å². The van der Waals surface area contributed by atoms with E-state index in [4.69, 9.17) is 15.2 Å². The number of halogens is 1. The quantitative estimate of drug-likeness (QED) is 0.794. The van der Waals surface area contributed by atoms with Crippen LogP contribution in [0.25, 0.3) is 0 Å². The Balaban J connectivity index is 2.16. The highest BCUT2D eigenvalue weighted by atomic mass is 79.9. The van der Waals surface area contributed by atoms with Crippen molar-refractivity contribution < 1.29 is 17.9 Å². The van der Waals surface area contributed by atoms with Gasteiger partial charge in [-0.3, -0.25) is 0 Å². The van der Waals surface area contributed by atoms with E-state index in [0.29, 0.717) is 25.4 Å². The maximum Gasteiger partial charge on any atom is 0.240 e. The summed E-state index contributed by atoms with van der Waals surface area (Å²) in [5.74, 6) is 0. The minimum Gasteiger partial charge on any atom is -0.376 e. The number of nitrogens with one attached hydrogen (secondary N) is 1. The predicted octanol–water partition coefficient (Wildman–Crippen LogP) is 0.910. The molecule has 1 saturated heterocycles. The van der Waals surface area contributed by atoms with E-state index in [9.17, 15) is 8.42 Å². The molecule has 1 heterocycles. The first-order valence-electron chi connectivity index (χ1n) is 6.62. The van der Waals surface area contributed by atoms with Gasteiger partial charge in [-0.2, -0.15) is 0 Å². The first-order valence-corrected chi connectivity index (χ1v) is 8.90. The van der Waals surface area contributed by atoms with Crippen molar-refractivity contribution in [2.45, 2.75) is 24.5 Å². The van der Waals surface area contributed by atoms with E-state index in [2.05, 4.69) is 20.7 Å². The summed E-state index contributed by atoms with van der Waals surface area (Å²) < 4.78 is 38.9. The standard InChI is InChI=1S/C13H19BrN2O4S/c1-9-12(14)4-10(6-15)5-13(9)21(17,18)16-7-11-8-19-2-3-20-11/h4-5,11,16H,2-3,6-8,15H2,1H3. The Hall–Kier alpha value is -0.510. The lowest BCUT2D eigenvalue weighted by atomic mass is 10.1. The Labute approximate surface area is 133 Å². The van der Waals surface area contributed by atoms with Crippen LogP contribution in [-0.4, -0.2) is 40.9 Å². The van der Waals surface area contributed by atoms with Gasteiger partial charge in [0.15, 0.2) is 0 Å². The molecule has 2 rings (SSSR count). The third kappa shape index (κ3) is 4.24. The van der Waals surface area contributed by atoms with Crippen molar-refractivity contribution in [3.63, 3.8) is 0 Å². The lowest BCUT2D eigenvalue weighted by Crippen LogP contribution is -2.39. The zero-order chi connectivity index (χ0) is 15.5. The molecule has 0 aromatic heterocycles. The molecule has 21 heavy (non-hydrogen) atoms. The van der Waals surface area contributed by atoms with Crippen LogP contribution in [0.4, 0.5) is 0 Å². The summed E-state index contributed by atoms with van der Waals surface area (Å²) in [6.45, 7) is 3.65. The zero-order valence-electron chi connectivity index (χ0n) is 11.8. The van der Waals surface area contributed by atoms with Crippen LogP contribution in [0, 0.1) is 6.92 Å². The van der Waals surface area contributed by atoms with Gasteiger partial charge >= 0.3 is 0 Å². The van der Waals surface area contributed by atoms with Crippen LogP contribution < -0.4 is 10.5 Å². The van der Waals surface area contributed by atoms with Crippen LogP contribution in [0.3, 0.4) is 0 Å². The highest BCUT2D eigenvalue weighted by Crippen LogP contribution is 2.25. The molecule has 1 atom stereocenters. The SMILES string of the molecule is Cc1c(Br)cc(CN)cc1S(=O)(=O)NCC1COCCO1. The van der Waals surface area contributed by atoms with Gasteiger partial charge in [-0.1, -0.05) is 15.9 Å². The smallest absolute Gasteiger partial charge is 0.240 e. The van der Waals surface area contributed by atoms with Crippen molar-refractivity contribution >= 4 is 26.0 Å². The minimum absolute atomic E-state index is 0.187. The molecular formula is C13H19BrN2O4S. The largest absolute Gasteiger partial charge is 0.376 e. The average molecular weight is 379 g/mol. The Morgan fingerprint density at radius 2 is 2.19 bits per heavy atom. The molecule has 0 bridgehead atoms. The van der Waals surface area contributed by atoms with Gasteiger partial charge in [-0.05, 0) is 30.2 Å². The van der Waals surface area contributed by atoms with Crippen LogP contribution in [0.5, 0.6) is 0 Å². The van der Waals surface area contributed by atoms with Crippen molar-refractivity contribution in [1.82, 2.24) is 4.72 Å². The van der Waals surface area contributed by atoms with Gasteiger partial charge in [0.1, 0.15) is 0 Å². The van der Waals surface area contributed by atoms with Gasteiger partial charge in [0.25, 0.3) is 0 Å². The second kappa shape index (κ2) is 7.17. The Morgan fingerprint density at radius 1 is 1.43 bits per heavy atom. The summed E-state index contributed by atoms with van der Waals surface area (Å²) in [5.41, 5.74) is 7.01. The number of nitrogens with two attached hydrogens (primary N) is 1. The third-order valence-electron chi connectivity index (χ3n) is 3.27. The predicted molar refractivity (Wildman–Crippen MR) is 82.5 cm³/mol. The monoisotopic (exact) mass is 378 g/mol. The van der Waals surface area contributed by atoms with Crippen molar-refractivity contribution in [2.75, 3.05) is 26.4 Å². The maximum absolute atomic E-state index is 12.4. The molecule has 3 N–H and O–H groups in total. The Morgan fingerprint density at radius 3 is 2.81 bits per heavy atom. The number of hydrogen-bond donors (Lipinski definition) is 2. The summed E-state index contributed by atoms with van der Waals surface area (Å²) in [6.07, 6.45) is -0.255. The Kier molecular flexibility index (Phi) is 5.75. The van der Waals surface area contributed by atoms with Crippen LogP contribution >= 0.6 is 15.9 Å². The molecule has 8 heteroatoms. The van der Waals surface area contributed by atoms with Crippen LogP contribution in [0.2, 0.25) is 0 Å². The zero-order valence-corrected chi connectivity index (χ0v) is 14.2.